The second-order valence-electron chi connectivity index (χ2n) is 7.95. The van der Waals surface area contributed by atoms with Gasteiger partial charge in [-0.1, -0.05) is 115 Å². The normalized spacial score (nSPS) is 11.4. The molecule has 5 rings (SSSR count). The van der Waals surface area contributed by atoms with Gasteiger partial charge in [-0.05, 0) is 47.5 Å². The maximum atomic E-state index is 2.33. The first kappa shape index (κ1) is 20.4. The molecule has 5 aromatic carbocycles. The van der Waals surface area contributed by atoms with E-state index in [1.165, 1.54) is 27.0 Å². The first-order valence-corrected chi connectivity index (χ1v) is 12.9. The van der Waals surface area contributed by atoms with Gasteiger partial charge in [-0.25, -0.2) is 0 Å². The molecule has 0 heterocycles. The zero-order chi connectivity index (χ0) is 21.6. The van der Waals surface area contributed by atoms with E-state index < -0.39 is 7.26 Å². The SMILES string of the molecule is c1ccc(C(c2ccccc2)[P+](c2ccccc2)(c2ccccc2)c2ccccc2)cc1. The maximum Gasteiger partial charge on any atom is 0.133 e. The molecule has 0 bridgehead atoms. The fraction of sp³-hybridized carbons (Fsp3) is 0.0323. The molecule has 0 aliphatic rings. The molecule has 32 heavy (non-hydrogen) atoms. The van der Waals surface area contributed by atoms with Gasteiger partial charge in [0.2, 0.25) is 0 Å². The lowest BCUT2D eigenvalue weighted by Crippen LogP contribution is -2.35. The molecule has 1 heteroatoms. The summed E-state index contributed by atoms with van der Waals surface area (Å²) in [6, 6.07) is 55.5. The molecule has 0 radical (unpaired) electrons. The van der Waals surface area contributed by atoms with Crippen LogP contribution in [0.2, 0.25) is 0 Å². The molecule has 5 aromatic rings. The first-order chi connectivity index (χ1) is 15.9. The minimum absolute atomic E-state index is 0.206. The van der Waals surface area contributed by atoms with Gasteiger partial charge < -0.3 is 0 Å². The first-order valence-electron chi connectivity index (χ1n) is 11.1. The Labute approximate surface area is 191 Å². The van der Waals surface area contributed by atoms with E-state index in [1.54, 1.807) is 0 Å². The Kier molecular flexibility index (Phi) is 5.97. The molecule has 0 N–H and O–H groups in total. The quantitative estimate of drug-likeness (QED) is 0.261. The van der Waals surface area contributed by atoms with Crippen molar-refractivity contribution in [2.24, 2.45) is 0 Å². The lowest BCUT2D eigenvalue weighted by molar-refractivity contribution is 1.13. The summed E-state index contributed by atoms with van der Waals surface area (Å²) in [6.07, 6.45) is 0. The van der Waals surface area contributed by atoms with Crippen molar-refractivity contribution in [1.29, 1.82) is 0 Å². The van der Waals surface area contributed by atoms with Gasteiger partial charge in [-0.15, -0.1) is 0 Å². The van der Waals surface area contributed by atoms with E-state index in [0.29, 0.717) is 0 Å². The third-order valence-electron chi connectivity index (χ3n) is 6.11. The Morgan fingerprint density at radius 2 is 0.562 bits per heavy atom. The van der Waals surface area contributed by atoms with Crippen LogP contribution in [0.1, 0.15) is 16.8 Å². The van der Waals surface area contributed by atoms with Crippen LogP contribution >= 0.6 is 7.26 Å². The van der Waals surface area contributed by atoms with E-state index in [2.05, 4.69) is 152 Å². The average Bonchev–Trinajstić information content (AvgIpc) is 2.90. The van der Waals surface area contributed by atoms with Gasteiger partial charge in [0, 0.05) is 0 Å². The highest BCUT2D eigenvalue weighted by Crippen LogP contribution is 2.68. The van der Waals surface area contributed by atoms with Crippen LogP contribution < -0.4 is 15.9 Å². The van der Waals surface area contributed by atoms with Gasteiger partial charge in [0.25, 0.3) is 0 Å². The summed E-state index contributed by atoms with van der Waals surface area (Å²) in [7, 11) is -2.11. The smallest absolute Gasteiger partial charge is 0.0622 e. The minimum Gasteiger partial charge on any atom is -0.0622 e. The molecule has 0 fully saturated rings. The summed E-state index contributed by atoms with van der Waals surface area (Å²) in [5.74, 6) is 0. The molecule has 0 saturated carbocycles. The topological polar surface area (TPSA) is 0 Å². The number of rotatable bonds is 6. The zero-order valence-electron chi connectivity index (χ0n) is 18.0. The Morgan fingerprint density at radius 1 is 0.312 bits per heavy atom. The van der Waals surface area contributed by atoms with Gasteiger partial charge in [0.05, 0.1) is 0 Å². The largest absolute Gasteiger partial charge is 0.133 e. The summed E-state index contributed by atoms with van der Waals surface area (Å²) >= 11 is 0. The molecule has 0 saturated heterocycles. The van der Waals surface area contributed by atoms with Crippen molar-refractivity contribution in [1.82, 2.24) is 0 Å². The summed E-state index contributed by atoms with van der Waals surface area (Å²) in [4.78, 5) is 0. The molecule has 0 nitrogen and oxygen atoms in total. The fourth-order valence-electron chi connectivity index (χ4n) is 4.79. The van der Waals surface area contributed by atoms with Gasteiger partial charge in [-0.3, -0.25) is 0 Å². The van der Waals surface area contributed by atoms with Crippen molar-refractivity contribution in [3.05, 3.63) is 163 Å². The predicted octanol–water partition coefficient (Wildman–Crippen LogP) is 6.77. The Morgan fingerprint density at radius 3 is 0.844 bits per heavy atom. The van der Waals surface area contributed by atoms with Crippen LogP contribution in [0.25, 0.3) is 0 Å². The highest BCUT2D eigenvalue weighted by Gasteiger charge is 2.53. The summed E-state index contributed by atoms with van der Waals surface area (Å²) < 4.78 is 0. The van der Waals surface area contributed by atoms with Crippen LogP contribution in [0.5, 0.6) is 0 Å². The summed E-state index contributed by atoms with van der Waals surface area (Å²) in [5, 5.41) is 4.19. The maximum absolute atomic E-state index is 2.33. The second kappa shape index (κ2) is 9.35. The van der Waals surface area contributed by atoms with E-state index in [1.807, 2.05) is 0 Å². The van der Waals surface area contributed by atoms with Crippen LogP contribution in [0.15, 0.2) is 152 Å². The second-order valence-corrected chi connectivity index (χ2v) is 11.5. The third-order valence-corrected chi connectivity index (χ3v) is 10.8. The molecular formula is C31H26P+. The Hall–Kier alpha value is -3.47. The van der Waals surface area contributed by atoms with Gasteiger partial charge in [0.15, 0.2) is 0 Å². The monoisotopic (exact) mass is 429 g/mol. The van der Waals surface area contributed by atoms with Crippen molar-refractivity contribution < 1.29 is 0 Å². The van der Waals surface area contributed by atoms with Crippen LogP contribution in [-0.2, 0) is 0 Å². The highest BCUT2D eigenvalue weighted by atomic mass is 31.2. The zero-order valence-corrected chi connectivity index (χ0v) is 18.9. The number of hydrogen-bond acceptors (Lipinski definition) is 0. The lowest BCUT2D eigenvalue weighted by Gasteiger charge is -2.35. The van der Waals surface area contributed by atoms with E-state index >= 15 is 0 Å². The van der Waals surface area contributed by atoms with Crippen molar-refractivity contribution in [3.63, 3.8) is 0 Å². The van der Waals surface area contributed by atoms with E-state index in [-0.39, 0.29) is 5.66 Å². The van der Waals surface area contributed by atoms with Gasteiger partial charge >= 0.3 is 0 Å². The number of hydrogen-bond donors (Lipinski definition) is 0. The standard InChI is InChI=1S/C31H26P/c1-6-16-26(17-7-1)31(27-18-8-2-9-19-27)32(28-20-10-3-11-21-28,29-22-12-4-13-23-29)30-24-14-5-15-25-30/h1-25,31H/q+1. The summed E-state index contributed by atoms with van der Waals surface area (Å²) in [6.45, 7) is 0. The average molecular weight is 430 g/mol. The molecule has 0 spiro atoms. The van der Waals surface area contributed by atoms with Crippen LogP contribution in [0.4, 0.5) is 0 Å². The Balaban J connectivity index is 1.94. The third kappa shape index (κ3) is 3.68. The van der Waals surface area contributed by atoms with E-state index in [9.17, 15) is 0 Å². The fourth-order valence-corrected chi connectivity index (χ4v) is 9.75. The predicted molar refractivity (Wildman–Crippen MR) is 140 cm³/mol. The molecule has 154 valence electrons. The summed E-state index contributed by atoms with van der Waals surface area (Å²) in [5.41, 5.74) is 2.91. The van der Waals surface area contributed by atoms with Crippen LogP contribution in [0, 0.1) is 0 Å². The molecular weight excluding hydrogens is 403 g/mol. The molecule has 0 unspecified atom stereocenters. The highest BCUT2D eigenvalue weighted by molar-refractivity contribution is 7.96. The lowest BCUT2D eigenvalue weighted by atomic mass is 10.0. The molecule has 0 aromatic heterocycles. The molecule has 0 atom stereocenters. The van der Waals surface area contributed by atoms with Gasteiger partial charge in [0.1, 0.15) is 28.8 Å². The van der Waals surface area contributed by atoms with E-state index in [4.69, 9.17) is 0 Å². The van der Waals surface area contributed by atoms with Crippen molar-refractivity contribution >= 4 is 23.2 Å². The molecule has 0 aliphatic heterocycles. The molecule has 0 aliphatic carbocycles. The Bertz CT molecular complexity index is 1100. The van der Waals surface area contributed by atoms with Gasteiger partial charge in [-0.2, -0.15) is 0 Å². The van der Waals surface area contributed by atoms with Crippen LogP contribution in [-0.4, -0.2) is 0 Å². The van der Waals surface area contributed by atoms with Crippen LogP contribution in [0.3, 0.4) is 0 Å². The number of benzene rings is 5. The van der Waals surface area contributed by atoms with Crippen molar-refractivity contribution in [2.45, 2.75) is 5.66 Å². The van der Waals surface area contributed by atoms with Crippen molar-refractivity contribution in [3.8, 4) is 0 Å². The van der Waals surface area contributed by atoms with Crippen molar-refractivity contribution in [2.75, 3.05) is 0 Å². The van der Waals surface area contributed by atoms with E-state index in [0.717, 1.165) is 0 Å². The minimum atomic E-state index is -2.11. The molecule has 0 amide bonds.